The van der Waals surface area contributed by atoms with Crippen LogP contribution in [0.2, 0.25) is 0 Å². The van der Waals surface area contributed by atoms with Gasteiger partial charge in [0.25, 0.3) is 0 Å². The number of anilines is 1. The van der Waals surface area contributed by atoms with Crippen LogP contribution in [0.4, 0.5) is 5.69 Å². The van der Waals surface area contributed by atoms with E-state index in [1.807, 2.05) is 18.2 Å². The molecule has 4 nitrogen and oxygen atoms in total. The Balaban J connectivity index is 1.66. The van der Waals surface area contributed by atoms with Crippen LogP contribution in [-0.2, 0) is 11.2 Å². The SMILES string of the molecule is CCc1ccccc1-n1ccc([C@H]2OCCN2c2ccccc2OC)c1. The highest BCUT2D eigenvalue weighted by molar-refractivity contribution is 5.60. The lowest BCUT2D eigenvalue weighted by molar-refractivity contribution is 0.113. The Labute approximate surface area is 154 Å². The summed E-state index contributed by atoms with van der Waals surface area (Å²) in [5.74, 6) is 0.874. The number of nitrogens with zero attached hydrogens (tertiary/aromatic N) is 2. The van der Waals surface area contributed by atoms with Crippen LogP contribution >= 0.6 is 0 Å². The third kappa shape index (κ3) is 2.97. The summed E-state index contributed by atoms with van der Waals surface area (Å²) < 4.78 is 13.8. The average Bonchev–Trinajstić information content (AvgIpc) is 3.37. The normalized spacial score (nSPS) is 16.8. The highest BCUT2D eigenvalue weighted by atomic mass is 16.5. The molecule has 4 heteroatoms. The number of para-hydroxylation sites is 3. The van der Waals surface area contributed by atoms with E-state index in [4.69, 9.17) is 9.47 Å². The van der Waals surface area contributed by atoms with Crippen LogP contribution in [0.25, 0.3) is 5.69 Å². The molecular weight excluding hydrogens is 324 g/mol. The molecular formula is C22H24N2O2. The van der Waals surface area contributed by atoms with E-state index in [0.717, 1.165) is 30.0 Å². The average molecular weight is 348 g/mol. The van der Waals surface area contributed by atoms with Crippen molar-refractivity contribution in [3.63, 3.8) is 0 Å². The van der Waals surface area contributed by atoms with Crippen LogP contribution in [0.3, 0.4) is 0 Å². The predicted octanol–water partition coefficient (Wildman–Crippen LogP) is 4.58. The molecule has 0 unspecified atom stereocenters. The molecule has 1 aromatic heterocycles. The van der Waals surface area contributed by atoms with Crippen molar-refractivity contribution in [1.29, 1.82) is 0 Å². The highest BCUT2D eigenvalue weighted by Gasteiger charge is 2.29. The summed E-state index contributed by atoms with van der Waals surface area (Å²) in [6.07, 6.45) is 5.21. The summed E-state index contributed by atoms with van der Waals surface area (Å²) in [6, 6.07) is 18.8. The Bertz CT molecular complexity index is 887. The molecule has 0 radical (unpaired) electrons. The fraction of sp³-hybridized carbons (Fsp3) is 0.273. The molecule has 4 rings (SSSR count). The smallest absolute Gasteiger partial charge is 0.158 e. The van der Waals surface area contributed by atoms with Gasteiger partial charge in [0, 0.05) is 30.2 Å². The van der Waals surface area contributed by atoms with Gasteiger partial charge in [-0.15, -0.1) is 0 Å². The number of methoxy groups -OCH3 is 1. The van der Waals surface area contributed by atoms with E-state index in [-0.39, 0.29) is 6.23 Å². The van der Waals surface area contributed by atoms with Crippen molar-refractivity contribution in [2.24, 2.45) is 0 Å². The largest absolute Gasteiger partial charge is 0.495 e. The minimum Gasteiger partial charge on any atom is -0.495 e. The number of hydrogen-bond acceptors (Lipinski definition) is 3. The Kier molecular flexibility index (Phi) is 4.67. The highest BCUT2D eigenvalue weighted by Crippen LogP contribution is 2.37. The predicted molar refractivity (Wildman–Crippen MR) is 104 cm³/mol. The van der Waals surface area contributed by atoms with Gasteiger partial charge in [0.05, 0.1) is 19.4 Å². The van der Waals surface area contributed by atoms with Crippen molar-refractivity contribution in [3.05, 3.63) is 78.1 Å². The van der Waals surface area contributed by atoms with Crippen molar-refractivity contribution in [2.45, 2.75) is 19.6 Å². The molecule has 3 aromatic rings. The molecule has 2 heterocycles. The van der Waals surface area contributed by atoms with Crippen molar-refractivity contribution in [3.8, 4) is 11.4 Å². The molecule has 0 N–H and O–H groups in total. The summed E-state index contributed by atoms with van der Waals surface area (Å²) in [6.45, 7) is 3.74. The van der Waals surface area contributed by atoms with Gasteiger partial charge in [-0.25, -0.2) is 0 Å². The number of aryl methyl sites for hydroxylation is 1. The summed E-state index contributed by atoms with van der Waals surface area (Å²) in [4.78, 5) is 2.27. The zero-order chi connectivity index (χ0) is 17.9. The zero-order valence-corrected chi connectivity index (χ0v) is 15.3. The fourth-order valence-corrected chi connectivity index (χ4v) is 3.63. The molecule has 134 valence electrons. The molecule has 0 spiro atoms. The molecule has 26 heavy (non-hydrogen) atoms. The van der Waals surface area contributed by atoms with Crippen molar-refractivity contribution in [2.75, 3.05) is 25.2 Å². The molecule has 0 saturated carbocycles. The molecule has 0 amide bonds. The van der Waals surface area contributed by atoms with Crippen molar-refractivity contribution < 1.29 is 9.47 Å². The third-order valence-corrected chi connectivity index (χ3v) is 4.94. The van der Waals surface area contributed by atoms with E-state index in [1.165, 1.54) is 11.3 Å². The molecule has 2 aromatic carbocycles. The van der Waals surface area contributed by atoms with Crippen molar-refractivity contribution in [1.82, 2.24) is 4.57 Å². The molecule has 0 aliphatic carbocycles. The summed E-state index contributed by atoms with van der Waals surface area (Å²) in [5.41, 5.74) is 4.78. The molecule has 0 bridgehead atoms. The van der Waals surface area contributed by atoms with Gasteiger partial charge >= 0.3 is 0 Å². The minimum absolute atomic E-state index is 0.0960. The van der Waals surface area contributed by atoms with Crippen LogP contribution < -0.4 is 9.64 Å². The monoisotopic (exact) mass is 348 g/mol. The van der Waals surface area contributed by atoms with Crippen LogP contribution in [0.5, 0.6) is 5.75 Å². The molecule has 1 aliphatic rings. The fourth-order valence-electron chi connectivity index (χ4n) is 3.63. The van der Waals surface area contributed by atoms with Crippen LogP contribution in [0, 0.1) is 0 Å². The molecule has 1 saturated heterocycles. The first-order chi connectivity index (χ1) is 12.8. The maximum Gasteiger partial charge on any atom is 0.158 e. The Morgan fingerprint density at radius 3 is 2.62 bits per heavy atom. The molecule has 1 aliphatic heterocycles. The second kappa shape index (κ2) is 7.26. The second-order valence-corrected chi connectivity index (χ2v) is 6.42. The van der Waals surface area contributed by atoms with Crippen molar-refractivity contribution >= 4 is 5.69 Å². The first kappa shape index (κ1) is 16.7. The van der Waals surface area contributed by atoms with E-state index >= 15 is 0 Å². The van der Waals surface area contributed by atoms with Crippen LogP contribution in [0.1, 0.15) is 24.3 Å². The van der Waals surface area contributed by atoms with Gasteiger partial charge in [0.2, 0.25) is 0 Å². The molecule has 1 fully saturated rings. The van der Waals surface area contributed by atoms with Gasteiger partial charge in [-0.3, -0.25) is 0 Å². The van der Waals surface area contributed by atoms with Gasteiger partial charge in [-0.05, 0) is 36.2 Å². The van der Waals surface area contributed by atoms with E-state index < -0.39 is 0 Å². The lowest BCUT2D eigenvalue weighted by atomic mass is 10.1. The van der Waals surface area contributed by atoms with E-state index in [0.29, 0.717) is 6.61 Å². The van der Waals surface area contributed by atoms with Crippen LogP contribution in [0.15, 0.2) is 67.0 Å². The Morgan fingerprint density at radius 1 is 1.04 bits per heavy atom. The number of ether oxygens (including phenoxy) is 2. The van der Waals surface area contributed by atoms with Gasteiger partial charge in [-0.2, -0.15) is 0 Å². The molecule has 1 atom stereocenters. The summed E-state index contributed by atoms with van der Waals surface area (Å²) >= 11 is 0. The lowest BCUT2D eigenvalue weighted by Gasteiger charge is -2.26. The zero-order valence-electron chi connectivity index (χ0n) is 15.3. The lowest BCUT2D eigenvalue weighted by Crippen LogP contribution is -2.23. The first-order valence-corrected chi connectivity index (χ1v) is 9.09. The number of rotatable bonds is 5. The van der Waals surface area contributed by atoms with Gasteiger partial charge in [0.15, 0.2) is 6.23 Å². The van der Waals surface area contributed by atoms with Gasteiger partial charge < -0.3 is 18.9 Å². The number of aromatic nitrogens is 1. The van der Waals surface area contributed by atoms with E-state index in [1.54, 1.807) is 7.11 Å². The second-order valence-electron chi connectivity index (χ2n) is 6.42. The number of benzene rings is 2. The topological polar surface area (TPSA) is 26.6 Å². The number of hydrogen-bond donors (Lipinski definition) is 0. The van der Waals surface area contributed by atoms with Crippen LogP contribution in [-0.4, -0.2) is 24.8 Å². The maximum absolute atomic E-state index is 6.07. The van der Waals surface area contributed by atoms with E-state index in [9.17, 15) is 0 Å². The Morgan fingerprint density at radius 2 is 1.81 bits per heavy atom. The minimum atomic E-state index is -0.0960. The quantitative estimate of drug-likeness (QED) is 0.675. The maximum atomic E-state index is 6.07. The van der Waals surface area contributed by atoms with Gasteiger partial charge in [-0.1, -0.05) is 37.3 Å². The standard InChI is InChI=1S/C22H24N2O2/c1-3-17-8-4-5-9-19(17)23-13-12-18(16-23)22-24(14-15-26-22)20-10-6-7-11-21(20)25-2/h4-13,16,22H,3,14-15H2,1-2H3/t22-/m1/s1. The van der Waals surface area contributed by atoms with E-state index in [2.05, 4.69) is 65.2 Å². The first-order valence-electron chi connectivity index (χ1n) is 9.09. The summed E-state index contributed by atoms with van der Waals surface area (Å²) in [5, 5.41) is 0. The Hall–Kier alpha value is -2.72. The summed E-state index contributed by atoms with van der Waals surface area (Å²) in [7, 11) is 1.71. The van der Waals surface area contributed by atoms with Gasteiger partial charge in [0.1, 0.15) is 5.75 Å². The third-order valence-electron chi connectivity index (χ3n) is 4.94.